The summed E-state index contributed by atoms with van der Waals surface area (Å²) in [6.07, 6.45) is 0.823. The smallest absolute Gasteiger partial charge is 0.268 e. The Morgan fingerprint density at radius 1 is 1.53 bits per heavy atom. The highest BCUT2D eigenvalue weighted by molar-refractivity contribution is 5.92. The lowest BCUT2D eigenvalue weighted by Gasteiger charge is -2.33. The molecule has 6 nitrogen and oxygen atoms in total. The number of primary amides is 1. The molecule has 1 saturated heterocycles. The zero-order valence-corrected chi connectivity index (χ0v) is 10.7. The molecule has 2 heterocycles. The number of nitrogens with one attached hydrogen (secondary N) is 1. The van der Waals surface area contributed by atoms with E-state index in [4.69, 9.17) is 5.73 Å². The Morgan fingerprint density at radius 3 is 2.89 bits per heavy atom. The van der Waals surface area contributed by atoms with E-state index in [2.05, 4.69) is 5.43 Å². The Bertz CT molecular complexity index is 531. The van der Waals surface area contributed by atoms with Crippen LogP contribution < -0.4 is 16.7 Å². The van der Waals surface area contributed by atoms with Gasteiger partial charge in [-0.2, -0.15) is 0 Å². The van der Waals surface area contributed by atoms with Gasteiger partial charge in [-0.15, -0.1) is 0 Å². The third kappa shape index (κ3) is 3.11. The van der Waals surface area contributed by atoms with Crippen molar-refractivity contribution >= 4 is 5.91 Å². The predicted octanol–water partition coefficient (Wildman–Crippen LogP) is -0.467. The van der Waals surface area contributed by atoms with Crippen LogP contribution in [0.15, 0.2) is 23.1 Å². The molecule has 1 fully saturated rings. The van der Waals surface area contributed by atoms with Crippen LogP contribution in [0.2, 0.25) is 0 Å². The Kier molecular flexibility index (Phi) is 3.84. The molecule has 1 aromatic heterocycles. The van der Waals surface area contributed by atoms with Crippen molar-refractivity contribution in [3.05, 3.63) is 34.2 Å². The predicted molar refractivity (Wildman–Crippen MR) is 69.4 cm³/mol. The number of pyridine rings is 1. The van der Waals surface area contributed by atoms with E-state index in [1.807, 2.05) is 11.9 Å². The normalized spacial score (nSPS) is 24.1. The Labute approximate surface area is 110 Å². The molecule has 1 amide bonds. The summed E-state index contributed by atoms with van der Waals surface area (Å²) in [6.45, 7) is 1.07. The molecule has 1 aliphatic heterocycles. The first kappa shape index (κ1) is 13.5. The SMILES string of the molecule is CN1CC[C@@H](Nn2cc(C(N)=O)ccc2=O)[C@@H](F)C1. The lowest BCUT2D eigenvalue weighted by Crippen LogP contribution is -2.50. The number of carbonyl (C=O) groups excluding carboxylic acids is 1. The van der Waals surface area contributed by atoms with Crippen LogP contribution in [0.25, 0.3) is 0 Å². The van der Waals surface area contributed by atoms with Crippen LogP contribution in [0.5, 0.6) is 0 Å². The first-order valence-electron chi connectivity index (χ1n) is 6.09. The van der Waals surface area contributed by atoms with E-state index in [1.54, 1.807) is 0 Å². The van der Waals surface area contributed by atoms with Crippen molar-refractivity contribution in [2.45, 2.75) is 18.6 Å². The number of carbonyl (C=O) groups is 1. The fraction of sp³-hybridized carbons (Fsp3) is 0.500. The van der Waals surface area contributed by atoms with Gasteiger partial charge in [0.1, 0.15) is 6.17 Å². The maximum absolute atomic E-state index is 13.9. The van der Waals surface area contributed by atoms with Crippen molar-refractivity contribution in [1.82, 2.24) is 9.58 Å². The van der Waals surface area contributed by atoms with Crippen LogP contribution in [-0.2, 0) is 0 Å². The van der Waals surface area contributed by atoms with Crippen LogP contribution in [0.4, 0.5) is 4.39 Å². The van der Waals surface area contributed by atoms with Gasteiger partial charge in [0.2, 0.25) is 5.91 Å². The number of nitrogens with two attached hydrogens (primary N) is 1. The Hall–Kier alpha value is -1.89. The second-order valence-corrected chi connectivity index (χ2v) is 4.79. The van der Waals surface area contributed by atoms with E-state index in [1.165, 1.54) is 18.3 Å². The molecule has 0 radical (unpaired) electrons. The molecule has 7 heteroatoms. The van der Waals surface area contributed by atoms with Crippen LogP contribution in [0, 0.1) is 0 Å². The van der Waals surface area contributed by atoms with Gasteiger partial charge in [0.15, 0.2) is 0 Å². The number of alkyl halides is 1. The zero-order valence-electron chi connectivity index (χ0n) is 10.7. The molecule has 1 aliphatic rings. The standard InChI is InChI=1S/C12H17FN4O2/c1-16-5-4-10(9(13)7-16)15-17-6-8(12(14)19)2-3-11(17)18/h2-3,6,9-10,15H,4-5,7H2,1H3,(H2,14,19)/t9-,10+/m0/s1. The van der Waals surface area contributed by atoms with Crippen LogP contribution >= 0.6 is 0 Å². The zero-order chi connectivity index (χ0) is 14.0. The summed E-state index contributed by atoms with van der Waals surface area (Å²) in [4.78, 5) is 24.6. The third-order valence-electron chi connectivity index (χ3n) is 3.25. The van der Waals surface area contributed by atoms with Crippen LogP contribution in [0.1, 0.15) is 16.8 Å². The fourth-order valence-corrected chi connectivity index (χ4v) is 2.11. The molecular formula is C12H17FN4O2. The molecule has 0 unspecified atom stereocenters. The van der Waals surface area contributed by atoms with Gasteiger partial charge in [0.05, 0.1) is 11.6 Å². The minimum Gasteiger partial charge on any atom is -0.366 e. The number of rotatable bonds is 3. The number of halogens is 1. The summed E-state index contributed by atoms with van der Waals surface area (Å²) in [5.41, 5.74) is 7.81. The Balaban J connectivity index is 2.16. The molecule has 104 valence electrons. The average Bonchev–Trinajstić information content (AvgIpc) is 2.34. The van der Waals surface area contributed by atoms with Crippen LogP contribution in [-0.4, -0.2) is 47.8 Å². The largest absolute Gasteiger partial charge is 0.366 e. The van der Waals surface area contributed by atoms with Gasteiger partial charge in [0.25, 0.3) is 5.56 Å². The number of likely N-dealkylation sites (tertiary alicyclic amines) is 1. The average molecular weight is 268 g/mol. The first-order chi connectivity index (χ1) is 8.97. The summed E-state index contributed by atoms with van der Waals surface area (Å²) in [6, 6.07) is 2.14. The first-order valence-corrected chi connectivity index (χ1v) is 6.09. The molecule has 2 atom stereocenters. The molecule has 0 spiro atoms. The maximum atomic E-state index is 13.9. The van der Waals surface area contributed by atoms with E-state index >= 15 is 0 Å². The van der Waals surface area contributed by atoms with E-state index in [9.17, 15) is 14.0 Å². The molecule has 3 N–H and O–H groups in total. The van der Waals surface area contributed by atoms with Crippen molar-refractivity contribution < 1.29 is 9.18 Å². The molecule has 2 rings (SSSR count). The summed E-state index contributed by atoms with van der Waals surface area (Å²) < 4.78 is 15.0. The van der Waals surface area contributed by atoms with E-state index in [0.29, 0.717) is 13.0 Å². The van der Waals surface area contributed by atoms with E-state index < -0.39 is 18.1 Å². The number of hydrogen-bond acceptors (Lipinski definition) is 4. The minimum atomic E-state index is -1.07. The van der Waals surface area contributed by atoms with Crippen molar-refractivity contribution in [3.8, 4) is 0 Å². The Morgan fingerprint density at radius 2 is 2.26 bits per heavy atom. The quantitative estimate of drug-likeness (QED) is 0.777. The highest BCUT2D eigenvalue weighted by Crippen LogP contribution is 2.13. The van der Waals surface area contributed by atoms with Crippen molar-refractivity contribution in [2.75, 3.05) is 25.6 Å². The third-order valence-corrected chi connectivity index (χ3v) is 3.25. The van der Waals surface area contributed by atoms with Gasteiger partial charge in [0, 0.05) is 25.4 Å². The molecule has 1 aromatic rings. The molecule has 0 bridgehead atoms. The molecule has 0 aliphatic carbocycles. The van der Waals surface area contributed by atoms with Gasteiger partial charge in [-0.05, 0) is 19.5 Å². The number of piperidine rings is 1. The second-order valence-electron chi connectivity index (χ2n) is 4.79. The lowest BCUT2D eigenvalue weighted by atomic mass is 10.0. The summed E-state index contributed by atoms with van der Waals surface area (Å²) in [5, 5.41) is 0. The number of amides is 1. The fourth-order valence-electron chi connectivity index (χ4n) is 2.11. The number of hydrogen-bond donors (Lipinski definition) is 2. The second kappa shape index (κ2) is 5.40. The summed E-state index contributed by atoms with van der Waals surface area (Å²) in [7, 11) is 1.85. The van der Waals surface area contributed by atoms with E-state index in [-0.39, 0.29) is 11.1 Å². The van der Waals surface area contributed by atoms with Gasteiger partial charge in [-0.1, -0.05) is 0 Å². The topological polar surface area (TPSA) is 80.4 Å². The monoisotopic (exact) mass is 268 g/mol. The molecule has 0 aromatic carbocycles. The summed E-state index contributed by atoms with van der Waals surface area (Å²) in [5.74, 6) is -0.629. The van der Waals surface area contributed by atoms with Crippen LogP contribution in [0.3, 0.4) is 0 Å². The minimum absolute atomic E-state index is 0.204. The van der Waals surface area contributed by atoms with E-state index in [0.717, 1.165) is 11.2 Å². The highest BCUT2D eigenvalue weighted by Gasteiger charge is 2.27. The summed E-state index contributed by atoms with van der Waals surface area (Å²) >= 11 is 0. The number of aromatic nitrogens is 1. The number of nitrogens with zero attached hydrogens (tertiary/aromatic N) is 2. The van der Waals surface area contributed by atoms with Crippen molar-refractivity contribution in [3.63, 3.8) is 0 Å². The van der Waals surface area contributed by atoms with Gasteiger partial charge in [-0.25, -0.2) is 9.07 Å². The van der Waals surface area contributed by atoms with Crippen molar-refractivity contribution in [2.24, 2.45) is 5.73 Å². The molecule has 0 saturated carbocycles. The lowest BCUT2D eigenvalue weighted by molar-refractivity contribution is 0.0999. The molecular weight excluding hydrogens is 251 g/mol. The van der Waals surface area contributed by atoms with Gasteiger partial charge < -0.3 is 16.1 Å². The van der Waals surface area contributed by atoms with Gasteiger partial charge >= 0.3 is 0 Å². The molecule has 19 heavy (non-hydrogen) atoms. The maximum Gasteiger partial charge on any atom is 0.268 e. The highest BCUT2D eigenvalue weighted by atomic mass is 19.1. The van der Waals surface area contributed by atoms with Gasteiger partial charge in [-0.3, -0.25) is 9.59 Å². The van der Waals surface area contributed by atoms with Crippen molar-refractivity contribution in [1.29, 1.82) is 0 Å².